The zero-order valence-corrected chi connectivity index (χ0v) is 17.1. The van der Waals surface area contributed by atoms with Gasteiger partial charge in [0.15, 0.2) is 0 Å². The van der Waals surface area contributed by atoms with E-state index in [0.29, 0.717) is 11.8 Å². The molecule has 2 aliphatic heterocycles. The van der Waals surface area contributed by atoms with Crippen LogP contribution in [0.4, 0.5) is 5.82 Å². The summed E-state index contributed by atoms with van der Waals surface area (Å²) >= 11 is 0. The second kappa shape index (κ2) is 10.0. The zero-order chi connectivity index (χ0) is 20.5. The fourth-order valence-corrected chi connectivity index (χ4v) is 4.92. The number of ether oxygens (including phenoxy) is 1. The predicted octanol–water partition coefficient (Wildman–Crippen LogP) is 5.55. The van der Waals surface area contributed by atoms with Gasteiger partial charge in [-0.3, -0.25) is 4.79 Å². The van der Waals surface area contributed by atoms with Crippen LogP contribution in [0.5, 0.6) is 5.75 Å². The van der Waals surface area contributed by atoms with E-state index in [1.807, 2.05) is 41.3 Å². The SMILES string of the molecule is C.C.C=C1CCc2cc(/C=C/C(=O)N3C[C@H]4CC(Oc5ccccc5)C[C@H]4C3)cnc2N1. The Balaban J connectivity index is 0.00000144. The lowest BCUT2D eigenvalue weighted by Crippen LogP contribution is -2.29. The van der Waals surface area contributed by atoms with E-state index < -0.39 is 0 Å². The van der Waals surface area contributed by atoms with E-state index >= 15 is 0 Å². The second-order valence-corrected chi connectivity index (χ2v) is 8.63. The average Bonchev–Trinajstić information content (AvgIpc) is 3.31. The first kappa shape index (κ1) is 23.6. The number of pyridine rings is 1. The largest absolute Gasteiger partial charge is 0.490 e. The summed E-state index contributed by atoms with van der Waals surface area (Å²) in [6.07, 6.45) is 9.56. The maximum Gasteiger partial charge on any atom is 0.246 e. The van der Waals surface area contributed by atoms with Crippen LogP contribution in [0, 0.1) is 11.8 Å². The summed E-state index contributed by atoms with van der Waals surface area (Å²) in [5.41, 5.74) is 3.15. The van der Waals surface area contributed by atoms with Crippen molar-refractivity contribution in [3.63, 3.8) is 0 Å². The van der Waals surface area contributed by atoms with Gasteiger partial charge in [-0.2, -0.15) is 0 Å². The van der Waals surface area contributed by atoms with Crippen LogP contribution >= 0.6 is 0 Å². The van der Waals surface area contributed by atoms with Gasteiger partial charge in [-0.05, 0) is 72.9 Å². The third-order valence-corrected chi connectivity index (χ3v) is 6.46. The lowest BCUT2D eigenvalue weighted by Gasteiger charge is -2.19. The van der Waals surface area contributed by atoms with Gasteiger partial charge in [0, 0.05) is 31.1 Å². The highest BCUT2D eigenvalue weighted by Gasteiger charge is 2.42. The van der Waals surface area contributed by atoms with Gasteiger partial charge >= 0.3 is 0 Å². The molecule has 1 aromatic heterocycles. The number of nitrogens with zero attached hydrogens (tertiary/aromatic N) is 2. The highest BCUT2D eigenvalue weighted by Crippen LogP contribution is 2.39. The summed E-state index contributed by atoms with van der Waals surface area (Å²) in [4.78, 5) is 19.2. The normalized spacial score (nSPS) is 23.6. The number of nitrogens with one attached hydrogen (secondary N) is 1. The van der Waals surface area contributed by atoms with Gasteiger partial charge in [-0.15, -0.1) is 0 Å². The molecule has 1 N–H and O–H groups in total. The number of benzene rings is 1. The van der Waals surface area contributed by atoms with Crippen molar-refractivity contribution in [3.8, 4) is 5.75 Å². The predicted molar refractivity (Wildman–Crippen MR) is 131 cm³/mol. The highest BCUT2D eigenvalue weighted by molar-refractivity contribution is 5.92. The number of rotatable bonds is 4. The van der Waals surface area contributed by atoms with Crippen LogP contribution < -0.4 is 10.1 Å². The molecule has 1 amide bonds. The first-order valence-corrected chi connectivity index (χ1v) is 10.8. The molecule has 5 heteroatoms. The Morgan fingerprint density at radius 3 is 2.56 bits per heavy atom. The summed E-state index contributed by atoms with van der Waals surface area (Å²) in [6, 6.07) is 12.1. The molecule has 5 rings (SSSR count). The van der Waals surface area contributed by atoms with Crippen molar-refractivity contribution in [2.24, 2.45) is 11.8 Å². The number of carbonyl (C=O) groups excluding carboxylic acids is 1. The summed E-state index contributed by atoms with van der Waals surface area (Å²) in [7, 11) is 0. The van der Waals surface area contributed by atoms with Gasteiger partial charge in [0.2, 0.25) is 5.91 Å². The van der Waals surface area contributed by atoms with Gasteiger partial charge in [0.05, 0.1) is 6.10 Å². The topological polar surface area (TPSA) is 54.5 Å². The highest BCUT2D eigenvalue weighted by atomic mass is 16.5. The molecule has 170 valence electrons. The van der Waals surface area contributed by atoms with E-state index in [9.17, 15) is 4.79 Å². The van der Waals surface area contributed by atoms with Crippen molar-refractivity contribution >= 4 is 17.8 Å². The van der Waals surface area contributed by atoms with E-state index in [-0.39, 0.29) is 26.9 Å². The minimum Gasteiger partial charge on any atom is -0.490 e. The monoisotopic (exact) mass is 433 g/mol. The first-order chi connectivity index (χ1) is 14.6. The van der Waals surface area contributed by atoms with Crippen molar-refractivity contribution in [3.05, 3.63) is 72.1 Å². The number of hydrogen-bond donors (Lipinski definition) is 1. The number of amides is 1. The molecule has 0 spiro atoms. The molecule has 1 saturated carbocycles. The Bertz CT molecular complexity index is 972. The Morgan fingerprint density at radius 1 is 1.12 bits per heavy atom. The molecule has 3 aliphatic rings. The third-order valence-electron chi connectivity index (χ3n) is 6.46. The lowest BCUT2D eigenvalue weighted by atomic mass is 10.0. The molecular formula is C27H35N3O2. The summed E-state index contributed by atoms with van der Waals surface area (Å²) in [5.74, 6) is 3.00. The van der Waals surface area contributed by atoms with Gasteiger partial charge in [-0.1, -0.05) is 39.6 Å². The van der Waals surface area contributed by atoms with Crippen molar-refractivity contribution in [2.75, 3.05) is 18.4 Å². The number of carbonyl (C=O) groups is 1. The number of aromatic nitrogens is 1. The van der Waals surface area contributed by atoms with E-state index in [1.165, 1.54) is 5.56 Å². The van der Waals surface area contributed by atoms with Crippen LogP contribution in [0.3, 0.4) is 0 Å². The minimum atomic E-state index is 0. The maximum absolute atomic E-state index is 12.7. The van der Waals surface area contributed by atoms with E-state index in [0.717, 1.165) is 61.6 Å². The number of fused-ring (bicyclic) bond motifs is 2. The standard InChI is InChI=1S/C25H27N3O2.2CH4/c1-17-7-9-19-11-18(14-26-25(19)27-17)8-10-24(29)28-15-20-12-23(13-21(20)16-28)30-22-5-3-2-4-6-22;;/h2-6,8,10-11,14,20-21,23H,1,7,9,12-13,15-16H2,(H,26,27);2*1H4/b10-8+;;/t20-,21+,23?;;. The molecule has 32 heavy (non-hydrogen) atoms. The van der Waals surface area contributed by atoms with E-state index in [2.05, 4.69) is 22.9 Å². The Kier molecular flexibility index (Phi) is 7.39. The molecule has 5 nitrogen and oxygen atoms in total. The molecule has 1 saturated heterocycles. The summed E-state index contributed by atoms with van der Waals surface area (Å²) in [6.45, 7) is 5.63. The molecule has 2 fully saturated rings. The Hall–Kier alpha value is -3.08. The van der Waals surface area contributed by atoms with E-state index in [4.69, 9.17) is 4.74 Å². The smallest absolute Gasteiger partial charge is 0.246 e. The van der Waals surface area contributed by atoms with Crippen molar-refractivity contribution < 1.29 is 9.53 Å². The quantitative estimate of drug-likeness (QED) is 0.642. The first-order valence-electron chi connectivity index (χ1n) is 10.8. The number of aryl methyl sites for hydroxylation is 1. The van der Waals surface area contributed by atoms with Crippen LogP contribution in [0.1, 0.15) is 45.2 Å². The van der Waals surface area contributed by atoms with Crippen molar-refractivity contribution in [1.29, 1.82) is 0 Å². The molecular weight excluding hydrogens is 398 g/mol. The molecule has 1 aliphatic carbocycles. The van der Waals surface area contributed by atoms with Gasteiger partial charge in [0.1, 0.15) is 11.6 Å². The molecule has 1 aromatic carbocycles. The van der Waals surface area contributed by atoms with Gasteiger partial charge < -0.3 is 15.0 Å². The summed E-state index contributed by atoms with van der Waals surface area (Å²) < 4.78 is 6.13. The van der Waals surface area contributed by atoms with Crippen LogP contribution in [0.25, 0.3) is 6.08 Å². The number of hydrogen-bond acceptors (Lipinski definition) is 4. The third kappa shape index (κ3) is 5.04. The van der Waals surface area contributed by atoms with E-state index in [1.54, 1.807) is 12.3 Å². The van der Waals surface area contributed by atoms with Gasteiger partial charge in [0.25, 0.3) is 0 Å². The number of allylic oxidation sites excluding steroid dienone is 1. The van der Waals surface area contributed by atoms with Crippen molar-refractivity contribution in [2.45, 2.75) is 46.6 Å². The maximum atomic E-state index is 12.7. The molecule has 1 unspecified atom stereocenters. The number of para-hydroxylation sites is 1. The molecule has 3 heterocycles. The van der Waals surface area contributed by atoms with Crippen LogP contribution in [0.2, 0.25) is 0 Å². The fraction of sp³-hybridized carbons (Fsp3) is 0.407. The number of anilines is 1. The lowest BCUT2D eigenvalue weighted by molar-refractivity contribution is -0.125. The second-order valence-electron chi connectivity index (χ2n) is 8.63. The van der Waals surface area contributed by atoms with Crippen molar-refractivity contribution in [1.82, 2.24) is 9.88 Å². The van der Waals surface area contributed by atoms with Crippen LogP contribution in [-0.4, -0.2) is 35.0 Å². The van der Waals surface area contributed by atoms with Crippen LogP contribution in [0.15, 0.2) is 60.9 Å². The van der Waals surface area contributed by atoms with Crippen LogP contribution in [-0.2, 0) is 11.2 Å². The summed E-state index contributed by atoms with van der Waals surface area (Å²) in [5, 5.41) is 3.22. The average molecular weight is 434 g/mol. The molecule has 0 bridgehead atoms. The Labute approximate surface area is 192 Å². The Morgan fingerprint density at radius 2 is 1.84 bits per heavy atom. The fourth-order valence-electron chi connectivity index (χ4n) is 4.92. The number of likely N-dealkylation sites (tertiary alicyclic amines) is 1. The zero-order valence-electron chi connectivity index (χ0n) is 17.1. The molecule has 3 atom stereocenters. The molecule has 0 radical (unpaired) electrons. The van der Waals surface area contributed by atoms with Gasteiger partial charge in [-0.25, -0.2) is 4.98 Å². The minimum absolute atomic E-state index is 0. The molecule has 2 aromatic rings.